The summed E-state index contributed by atoms with van der Waals surface area (Å²) < 4.78 is 0. The molecule has 6 aromatic carbocycles. The standard InChI is InChI=1S/C47H33N/c1-46(40-17-7-2-12-35(40)36-13-3-8-18-41(36)46)33-26-22-31(23-27-33)32-24-28-34(29-25-32)47(44-30-48-45-21-11-6-16-39(44)45)42-19-9-4-14-37(42)38-15-5-10-20-43(38)47/h2-14,16-30,43,48H,1H3. The topological polar surface area (TPSA) is 15.8 Å². The molecule has 0 saturated heterocycles. The molecule has 1 N–H and O–H groups in total. The number of nitrogens with one attached hydrogen (secondary N) is 1. The van der Waals surface area contributed by atoms with Gasteiger partial charge in [-0.2, -0.15) is 0 Å². The molecular weight excluding hydrogens is 579 g/mol. The van der Waals surface area contributed by atoms with Crippen molar-refractivity contribution in [3.63, 3.8) is 0 Å². The van der Waals surface area contributed by atoms with Crippen LogP contribution in [0.5, 0.6) is 0 Å². The van der Waals surface area contributed by atoms with Gasteiger partial charge in [-0.3, -0.25) is 0 Å². The third-order valence-corrected chi connectivity index (χ3v) is 11.4. The number of H-pyrrole nitrogens is 1. The molecule has 3 aliphatic rings. The lowest BCUT2D eigenvalue weighted by atomic mass is 9.64. The molecule has 1 heteroatoms. The van der Waals surface area contributed by atoms with E-state index in [2.05, 4.69) is 188 Å². The van der Waals surface area contributed by atoms with Crippen molar-refractivity contribution in [2.24, 2.45) is 5.92 Å². The minimum Gasteiger partial charge on any atom is -0.361 e. The molecular formula is C47H33N. The lowest BCUT2D eigenvalue weighted by Gasteiger charge is -2.37. The number of hydrogen-bond donors (Lipinski definition) is 1. The zero-order valence-corrected chi connectivity index (χ0v) is 26.7. The Labute approximate surface area is 281 Å². The van der Waals surface area contributed by atoms with Gasteiger partial charge in [0.25, 0.3) is 0 Å². The molecule has 0 saturated carbocycles. The predicted molar refractivity (Wildman–Crippen MR) is 198 cm³/mol. The van der Waals surface area contributed by atoms with E-state index in [4.69, 9.17) is 0 Å². The molecule has 1 heterocycles. The molecule has 2 unspecified atom stereocenters. The highest BCUT2D eigenvalue weighted by Gasteiger charge is 2.52. The first-order chi connectivity index (χ1) is 23.7. The summed E-state index contributed by atoms with van der Waals surface area (Å²) in [6.45, 7) is 2.38. The zero-order chi connectivity index (χ0) is 31.9. The van der Waals surface area contributed by atoms with Gasteiger partial charge in [-0.25, -0.2) is 0 Å². The fourth-order valence-electron chi connectivity index (χ4n) is 9.21. The maximum atomic E-state index is 3.65. The summed E-state index contributed by atoms with van der Waals surface area (Å²) in [5, 5.41) is 1.26. The number of benzene rings is 6. The molecule has 1 aromatic heterocycles. The third-order valence-electron chi connectivity index (χ3n) is 11.4. The summed E-state index contributed by atoms with van der Waals surface area (Å²) >= 11 is 0. The van der Waals surface area contributed by atoms with Crippen LogP contribution in [0.1, 0.15) is 45.9 Å². The highest BCUT2D eigenvalue weighted by atomic mass is 14.7. The first-order valence-corrected chi connectivity index (χ1v) is 16.9. The Kier molecular flexibility index (Phi) is 5.71. The minimum absolute atomic E-state index is 0.141. The molecule has 48 heavy (non-hydrogen) atoms. The summed E-state index contributed by atoms with van der Waals surface area (Å²) in [5.74, 6) is 0.141. The fourth-order valence-corrected chi connectivity index (χ4v) is 9.21. The van der Waals surface area contributed by atoms with E-state index in [1.165, 1.54) is 72.2 Å². The summed E-state index contributed by atoms with van der Waals surface area (Å²) in [7, 11) is 0. The van der Waals surface area contributed by atoms with Crippen molar-refractivity contribution in [1.29, 1.82) is 0 Å². The molecule has 0 bridgehead atoms. The largest absolute Gasteiger partial charge is 0.361 e. The molecule has 3 aliphatic carbocycles. The molecule has 0 amide bonds. The van der Waals surface area contributed by atoms with Crippen LogP contribution in [0.3, 0.4) is 0 Å². The van der Waals surface area contributed by atoms with Crippen LogP contribution in [0, 0.1) is 5.92 Å². The number of aromatic nitrogens is 1. The minimum atomic E-state index is -0.385. The molecule has 2 atom stereocenters. The Bertz CT molecular complexity index is 2450. The first kappa shape index (κ1) is 27.3. The SMILES string of the molecule is CC1(c2ccc(-c3ccc(C4(c5c[nH]c6ccccc56)c5ccccc5C5=C=CC=CC54)cc3)cc2)c2ccccc2-c2ccccc21. The van der Waals surface area contributed by atoms with Gasteiger partial charge in [0.1, 0.15) is 0 Å². The van der Waals surface area contributed by atoms with Crippen LogP contribution < -0.4 is 0 Å². The van der Waals surface area contributed by atoms with Gasteiger partial charge in [0.2, 0.25) is 0 Å². The smallest absolute Gasteiger partial charge is 0.0587 e. The monoisotopic (exact) mass is 611 g/mol. The second-order valence-electron chi connectivity index (χ2n) is 13.6. The molecule has 1 nitrogen and oxygen atoms in total. The van der Waals surface area contributed by atoms with Gasteiger partial charge in [-0.1, -0.05) is 152 Å². The van der Waals surface area contributed by atoms with Crippen LogP contribution in [-0.4, -0.2) is 4.98 Å². The Morgan fingerprint density at radius 1 is 0.542 bits per heavy atom. The van der Waals surface area contributed by atoms with Crippen LogP contribution in [0.2, 0.25) is 0 Å². The molecule has 7 aromatic rings. The van der Waals surface area contributed by atoms with E-state index in [9.17, 15) is 0 Å². The molecule has 226 valence electrons. The van der Waals surface area contributed by atoms with Crippen molar-refractivity contribution in [3.8, 4) is 22.3 Å². The van der Waals surface area contributed by atoms with Crippen LogP contribution in [0.25, 0.3) is 38.7 Å². The molecule has 0 fully saturated rings. The average Bonchev–Trinajstić information content (AvgIpc) is 3.80. The quantitative estimate of drug-likeness (QED) is 0.191. The van der Waals surface area contributed by atoms with Gasteiger partial charge in [0.15, 0.2) is 0 Å². The Morgan fingerprint density at radius 2 is 1.10 bits per heavy atom. The van der Waals surface area contributed by atoms with E-state index in [1.54, 1.807) is 0 Å². The average molecular weight is 612 g/mol. The Morgan fingerprint density at radius 3 is 1.79 bits per heavy atom. The fraction of sp³-hybridized carbons (Fsp3) is 0.0851. The number of hydrogen-bond acceptors (Lipinski definition) is 0. The van der Waals surface area contributed by atoms with Crippen LogP contribution in [-0.2, 0) is 10.8 Å². The van der Waals surface area contributed by atoms with Gasteiger partial charge in [-0.15, -0.1) is 5.73 Å². The maximum Gasteiger partial charge on any atom is 0.0587 e. The molecule has 10 rings (SSSR count). The first-order valence-electron chi connectivity index (χ1n) is 16.9. The third kappa shape index (κ3) is 3.52. The van der Waals surface area contributed by atoms with Crippen molar-refractivity contribution in [1.82, 2.24) is 4.98 Å². The predicted octanol–water partition coefficient (Wildman–Crippen LogP) is 11.2. The van der Waals surface area contributed by atoms with Crippen molar-refractivity contribution in [3.05, 3.63) is 215 Å². The number of allylic oxidation sites excluding steroid dienone is 3. The molecule has 0 radical (unpaired) electrons. The van der Waals surface area contributed by atoms with Gasteiger partial charge in [-0.05, 0) is 80.3 Å². The van der Waals surface area contributed by atoms with Crippen molar-refractivity contribution in [2.75, 3.05) is 0 Å². The summed E-state index contributed by atoms with van der Waals surface area (Å²) in [4.78, 5) is 3.61. The molecule has 0 aliphatic heterocycles. The molecule has 0 spiro atoms. The van der Waals surface area contributed by atoms with Crippen LogP contribution in [0.15, 0.2) is 176 Å². The van der Waals surface area contributed by atoms with E-state index in [-0.39, 0.29) is 16.7 Å². The zero-order valence-electron chi connectivity index (χ0n) is 26.7. The number of aromatic amines is 1. The second kappa shape index (κ2) is 10.1. The van der Waals surface area contributed by atoms with Crippen LogP contribution in [0.4, 0.5) is 0 Å². The van der Waals surface area contributed by atoms with Gasteiger partial charge < -0.3 is 4.98 Å². The van der Waals surface area contributed by atoms with Crippen LogP contribution >= 0.6 is 0 Å². The summed E-state index contributed by atoms with van der Waals surface area (Å²) in [6, 6.07) is 54.0. The van der Waals surface area contributed by atoms with Gasteiger partial charge in [0.05, 0.1) is 5.41 Å². The van der Waals surface area contributed by atoms with Gasteiger partial charge in [0, 0.05) is 34.0 Å². The van der Waals surface area contributed by atoms with E-state index < -0.39 is 0 Å². The highest BCUT2D eigenvalue weighted by Crippen LogP contribution is 2.59. The number of rotatable bonds is 4. The lowest BCUT2D eigenvalue weighted by Crippen LogP contribution is -2.33. The van der Waals surface area contributed by atoms with Crippen molar-refractivity contribution < 1.29 is 0 Å². The van der Waals surface area contributed by atoms with Crippen molar-refractivity contribution in [2.45, 2.75) is 17.8 Å². The van der Waals surface area contributed by atoms with Gasteiger partial charge >= 0.3 is 0 Å². The maximum absolute atomic E-state index is 3.65. The Hall–Kier alpha value is -5.88. The lowest BCUT2D eigenvalue weighted by molar-refractivity contribution is 0.565. The number of fused-ring (bicyclic) bond motifs is 7. The normalized spacial score (nSPS) is 19.4. The van der Waals surface area contributed by atoms with E-state index in [1.807, 2.05) is 0 Å². The van der Waals surface area contributed by atoms with Crippen molar-refractivity contribution >= 4 is 16.5 Å². The van der Waals surface area contributed by atoms with E-state index in [0.717, 1.165) is 5.52 Å². The van der Waals surface area contributed by atoms with E-state index in [0.29, 0.717) is 0 Å². The highest BCUT2D eigenvalue weighted by molar-refractivity contribution is 5.92. The Balaban J connectivity index is 1.09. The number of para-hydroxylation sites is 1. The van der Waals surface area contributed by atoms with E-state index >= 15 is 0 Å². The summed E-state index contributed by atoms with van der Waals surface area (Å²) in [5.41, 5.74) is 19.9. The summed E-state index contributed by atoms with van der Waals surface area (Å²) in [6.07, 6.45) is 8.84. The second-order valence-corrected chi connectivity index (χ2v) is 13.6.